The summed E-state index contributed by atoms with van der Waals surface area (Å²) in [6.07, 6.45) is 5.28. The van der Waals surface area contributed by atoms with Gasteiger partial charge in [-0.05, 0) is 29.8 Å². The van der Waals surface area contributed by atoms with Crippen molar-refractivity contribution >= 4 is 29.9 Å². The molecule has 0 unspecified atom stereocenters. The zero-order valence-electron chi connectivity index (χ0n) is 15.2. The third kappa shape index (κ3) is 4.84. The molecular weight excluding hydrogens is 441 g/mol. The second kappa shape index (κ2) is 9.37. The van der Waals surface area contributed by atoms with Gasteiger partial charge < -0.3 is 14.8 Å². The molecule has 7 nitrogen and oxygen atoms in total. The highest BCUT2D eigenvalue weighted by Crippen LogP contribution is 2.09. The molecule has 138 valence electrons. The SMILES string of the molecule is CN=C(NCc1cccc(-n2cncn2)c1)N(C)Cc1cccn1C.I. The van der Waals surface area contributed by atoms with E-state index >= 15 is 0 Å². The molecule has 0 bridgehead atoms. The maximum absolute atomic E-state index is 4.38. The van der Waals surface area contributed by atoms with Gasteiger partial charge >= 0.3 is 0 Å². The predicted octanol–water partition coefficient (Wildman–Crippen LogP) is 2.43. The number of benzene rings is 1. The van der Waals surface area contributed by atoms with Gasteiger partial charge in [0.1, 0.15) is 12.7 Å². The van der Waals surface area contributed by atoms with Crippen molar-refractivity contribution < 1.29 is 0 Å². The molecule has 0 saturated carbocycles. The second-order valence-electron chi connectivity index (χ2n) is 5.88. The highest BCUT2D eigenvalue weighted by Gasteiger charge is 2.08. The quantitative estimate of drug-likeness (QED) is 0.357. The molecule has 0 aliphatic rings. The lowest BCUT2D eigenvalue weighted by Crippen LogP contribution is -2.38. The van der Waals surface area contributed by atoms with Crippen molar-refractivity contribution in [1.29, 1.82) is 0 Å². The Labute approximate surface area is 170 Å². The summed E-state index contributed by atoms with van der Waals surface area (Å²) < 4.78 is 3.87. The van der Waals surface area contributed by atoms with Crippen molar-refractivity contribution in [1.82, 2.24) is 29.5 Å². The zero-order chi connectivity index (χ0) is 17.6. The first-order valence-corrected chi connectivity index (χ1v) is 8.13. The first kappa shape index (κ1) is 20.0. The highest BCUT2D eigenvalue weighted by atomic mass is 127. The van der Waals surface area contributed by atoms with E-state index in [9.17, 15) is 0 Å². The number of hydrogen-bond donors (Lipinski definition) is 1. The van der Waals surface area contributed by atoms with Crippen molar-refractivity contribution in [3.8, 4) is 5.69 Å². The number of aryl methyl sites for hydroxylation is 1. The van der Waals surface area contributed by atoms with E-state index in [1.165, 1.54) is 12.0 Å². The van der Waals surface area contributed by atoms with E-state index in [0.29, 0.717) is 6.54 Å². The summed E-state index contributed by atoms with van der Waals surface area (Å²) >= 11 is 0. The van der Waals surface area contributed by atoms with Crippen LogP contribution in [-0.2, 0) is 20.1 Å². The van der Waals surface area contributed by atoms with Crippen molar-refractivity contribution in [2.24, 2.45) is 12.0 Å². The third-order valence-electron chi connectivity index (χ3n) is 4.07. The minimum Gasteiger partial charge on any atom is -0.353 e. The number of nitrogens with one attached hydrogen (secondary N) is 1. The molecule has 1 aromatic carbocycles. The van der Waals surface area contributed by atoms with Crippen molar-refractivity contribution in [3.63, 3.8) is 0 Å². The van der Waals surface area contributed by atoms with E-state index in [4.69, 9.17) is 0 Å². The van der Waals surface area contributed by atoms with Crippen LogP contribution in [0.4, 0.5) is 0 Å². The van der Waals surface area contributed by atoms with Crippen molar-refractivity contribution in [2.75, 3.05) is 14.1 Å². The second-order valence-corrected chi connectivity index (χ2v) is 5.88. The fourth-order valence-electron chi connectivity index (χ4n) is 2.69. The van der Waals surface area contributed by atoms with E-state index in [0.717, 1.165) is 23.8 Å². The van der Waals surface area contributed by atoms with E-state index in [1.807, 2.05) is 19.2 Å². The van der Waals surface area contributed by atoms with Crippen LogP contribution in [-0.4, -0.2) is 44.3 Å². The Balaban J connectivity index is 0.00000243. The molecule has 0 aliphatic heterocycles. The molecule has 2 heterocycles. The van der Waals surface area contributed by atoms with Crippen LogP contribution in [0.1, 0.15) is 11.3 Å². The number of nitrogens with zero attached hydrogens (tertiary/aromatic N) is 6. The van der Waals surface area contributed by atoms with Gasteiger partial charge in [-0.1, -0.05) is 12.1 Å². The monoisotopic (exact) mass is 465 g/mol. The number of aliphatic imine (C=N–C) groups is 1. The molecule has 0 saturated heterocycles. The van der Waals surface area contributed by atoms with Gasteiger partial charge in [-0.15, -0.1) is 24.0 Å². The Morgan fingerprint density at radius 3 is 2.77 bits per heavy atom. The standard InChI is InChI=1S/C18H23N7.HI/c1-19-18(24(3)12-17-8-5-9-23(17)2)21-11-15-6-4-7-16(10-15)25-14-20-13-22-25;/h4-10,13-14H,11-12H2,1-3H3,(H,19,21);1H. The topological polar surface area (TPSA) is 63.3 Å². The largest absolute Gasteiger partial charge is 0.353 e. The van der Waals surface area contributed by atoms with Crippen LogP contribution in [0.15, 0.2) is 60.2 Å². The van der Waals surface area contributed by atoms with Gasteiger partial charge in [0.15, 0.2) is 5.96 Å². The molecule has 0 fully saturated rings. The Kier molecular flexibility index (Phi) is 7.19. The molecule has 1 N–H and O–H groups in total. The Bertz CT molecular complexity index is 839. The fourth-order valence-corrected chi connectivity index (χ4v) is 2.69. The maximum Gasteiger partial charge on any atom is 0.194 e. The number of hydrogen-bond acceptors (Lipinski definition) is 3. The molecule has 0 spiro atoms. The number of aromatic nitrogens is 4. The van der Waals surface area contributed by atoms with Crippen LogP contribution in [0.2, 0.25) is 0 Å². The van der Waals surface area contributed by atoms with E-state index in [-0.39, 0.29) is 24.0 Å². The molecule has 8 heteroatoms. The fraction of sp³-hybridized carbons (Fsp3) is 0.278. The average Bonchev–Trinajstić information content (AvgIpc) is 3.28. The lowest BCUT2D eigenvalue weighted by molar-refractivity contribution is 0.461. The first-order chi connectivity index (χ1) is 12.2. The van der Waals surface area contributed by atoms with Gasteiger partial charge in [0.25, 0.3) is 0 Å². The van der Waals surface area contributed by atoms with Crippen molar-refractivity contribution in [3.05, 3.63) is 66.5 Å². The van der Waals surface area contributed by atoms with E-state index in [1.54, 1.807) is 18.1 Å². The summed E-state index contributed by atoms with van der Waals surface area (Å²) in [7, 11) is 5.89. The summed E-state index contributed by atoms with van der Waals surface area (Å²) in [6.45, 7) is 1.48. The van der Waals surface area contributed by atoms with Crippen molar-refractivity contribution in [2.45, 2.75) is 13.1 Å². The summed E-state index contributed by atoms with van der Waals surface area (Å²) in [6, 6.07) is 12.4. The van der Waals surface area contributed by atoms with Gasteiger partial charge in [-0.2, -0.15) is 5.10 Å². The van der Waals surface area contributed by atoms with E-state index < -0.39 is 0 Å². The number of guanidine groups is 1. The lowest BCUT2D eigenvalue weighted by atomic mass is 10.2. The van der Waals surface area contributed by atoms with Gasteiger partial charge in [0, 0.05) is 39.6 Å². The lowest BCUT2D eigenvalue weighted by Gasteiger charge is -2.22. The molecule has 0 radical (unpaired) electrons. The molecular formula is C18H24IN7. The predicted molar refractivity (Wildman–Crippen MR) is 114 cm³/mol. The van der Waals surface area contributed by atoms with Crippen LogP contribution in [0, 0.1) is 0 Å². The molecule has 0 atom stereocenters. The van der Waals surface area contributed by atoms with Crippen LogP contribution >= 0.6 is 24.0 Å². The van der Waals surface area contributed by atoms with Crippen LogP contribution < -0.4 is 5.32 Å². The Hall–Kier alpha value is -2.36. The molecule has 0 aliphatic carbocycles. The average molecular weight is 465 g/mol. The first-order valence-electron chi connectivity index (χ1n) is 8.13. The maximum atomic E-state index is 4.38. The van der Waals surface area contributed by atoms with E-state index in [2.05, 4.69) is 67.4 Å². The number of halogens is 1. The molecule has 3 aromatic rings. The van der Waals surface area contributed by atoms with Crippen LogP contribution in [0.5, 0.6) is 0 Å². The summed E-state index contributed by atoms with van der Waals surface area (Å²) in [5.41, 5.74) is 3.38. The third-order valence-corrected chi connectivity index (χ3v) is 4.07. The summed E-state index contributed by atoms with van der Waals surface area (Å²) in [5.74, 6) is 0.854. The summed E-state index contributed by atoms with van der Waals surface area (Å²) in [5, 5.41) is 7.58. The normalized spacial score (nSPS) is 11.1. The smallest absolute Gasteiger partial charge is 0.194 e. The van der Waals surface area contributed by atoms with Gasteiger partial charge in [0.2, 0.25) is 0 Å². The number of rotatable bonds is 5. The van der Waals surface area contributed by atoms with Gasteiger partial charge in [-0.3, -0.25) is 4.99 Å². The molecule has 0 amide bonds. The highest BCUT2D eigenvalue weighted by molar-refractivity contribution is 14.0. The van der Waals surface area contributed by atoms with Crippen LogP contribution in [0.25, 0.3) is 5.69 Å². The minimum atomic E-state index is 0. The Morgan fingerprint density at radius 1 is 1.27 bits per heavy atom. The minimum absolute atomic E-state index is 0. The zero-order valence-corrected chi connectivity index (χ0v) is 17.5. The molecule has 2 aromatic heterocycles. The summed E-state index contributed by atoms with van der Waals surface area (Å²) in [4.78, 5) is 10.5. The molecule has 3 rings (SSSR count). The van der Waals surface area contributed by atoms with Gasteiger partial charge in [-0.25, -0.2) is 9.67 Å². The molecule has 26 heavy (non-hydrogen) atoms. The van der Waals surface area contributed by atoms with Gasteiger partial charge in [0.05, 0.1) is 12.2 Å². The Morgan fingerprint density at radius 2 is 2.12 bits per heavy atom. The van der Waals surface area contributed by atoms with Crippen LogP contribution in [0.3, 0.4) is 0 Å².